The minimum absolute atomic E-state index is 0.000683. The van der Waals surface area contributed by atoms with E-state index in [0.717, 1.165) is 27.3 Å². The Labute approximate surface area is 393 Å². The number of anilines is 1. The van der Waals surface area contributed by atoms with Gasteiger partial charge in [0.05, 0.1) is 28.8 Å². The number of amides is 4. The molecule has 1 saturated heterocycles. The van der Waals surface area contributed by atoms with Gasteiger partial charge in [-0.25, -0.2) is 4.98 Å². The third-order valence-electron chi connectivity index (χ3n) is 12.6. The van der Waals surface area contributed by atoms with Crippen molar-refractivity contribution in [3.05, 3.63) is 118 Å². The van der Waals surface area contributed by atoms with Crippen LogP contribution in [0.1, 0.15) is 60.8 Å². The number of carbonyl (C=O) groups is 4. The average molecular weight is 928 g/mol. The number of β-amino-alcohol motifs (C(OH)–C–C–N with tert-alkyl or cyclic N) is 1. The van der Waals surface area contributed by atoms with Crippen molar-refractivity contribution in [2.75, 3.05) is 51.6 Å². The van der Waals surface area contributed by atoms with Crippen LogP contribution in [0.4, 0.5) is 5.82 Å². The molecule has 17 heteroatoms. The fourth-order valence-corrected chi connectivity index (χ4v) is 9.64. The SMILES string of the molecule is Cc1ncsc1-c1ccc(CNC(=O)[C@@H]2C[C@@H](O)CN2C(=O)[C@@H](NC(=O)CCN2CC3=C(C2)CN(C(=O)c2ccc(CCOc4cc(-c5ccccc5O)nnc4N)cc2)C3)C(C)(C)C)cc1. The van der Waals surface area contributed by atoms with Crippen molar-refractivity contribution in [2.45, 2.75) is 71.7 Å². The first kappa shape index (κ1) is 46.8. The van der Waals surface area contributed by atoms with Gasteiger partial charge in [0.1, 0.15) is 23.5 Å². The number of nitrogens with zero attached hydrogens (tertiary/aromatic N) is 6. The molecule has 67 heavy (non-hydrogen) atoms. The topological polar surface area (TPSA) is 216 Å². The number of hydrogen-bond donors (Lipinski definition) is 5. The maximum atomic E-state index is 14.1. The van der Waals surface area contributed by atoms with Gasteiger partial charge in [0.2, 0.25) is 17.7 Å². The number of phenols is 1. The van der Waals surface area contributed by atoms with Gasteiger partial charge in [0.25, 0.3) is 5.91 Å². The minimum Gasteiger partial charge on any atom is -0.507 e. The van der Waals surface area contributed by atoms with Crippen LogP contribution in [-0.2, 0) is 27.3 Å². The number of carbonyl (C=O) groups excluding carboxylic acids is 4. The molecule has 0 aliphatic carbocycles. The highest BCUT2D eigenvalue weighted by atomic mass is 32.1. The summed E-state index contributed by atoms with van der Waals surface area (Å²) in [6.45, 7) is 11.0. The Morgan fingerprint density at radius 3 is 2.31 bits per heavy atom. The van der Waals surface area contributed by atoms with Crippen LogP contribution < -0.4 is 21.1 Å². The zero-order valence-corrected chi connectivity index (χ0v) is 39.0. The van der Waals surface area contributed by atoms with Crippen LogP contribution in [0.15, 0.2) is 95.5 Å². The number of phenolic OH excluding ortho intramolecular Hbond substituents is 1. The van der Waals surface area contributed by atoms with Gasteiger partial charge in [0, 0.05) is 82.3 Å². The molecule has 2 aromatic heterocycles. The molecule has 3 atom stereocenters. The number of thiazole rings is 1. The summed E-state index contributed by atoms with van der Waals surface area (Å²) >= 11 is 1.57. The van der Waals surface area contributed by atoms with E-state index in [1.165, 1.54) is 16.0 Å². The Morgan fingerprint density at radius 2 is 1.64 bits per heavy atom. The molecule has 8 rings (SSSR count). The molecule has 0 bridgehead atoms. The van der Waals surface area contributed by atoms with Crippen molar-refractivity contribution in [1.82, 2.24) is 40.5 Å². The summed E-state index contributed by atoms with van der Waals surface area (Å²) in [6.07, 6.45) is -0.0207. The molecular weight excluding hydrogens is 871 g/mol. The van der Waals surface area contributed by atoms with Crippen LogP contribution >= 0.6 is 11.3 Å². The largest absolute Gasteiger partial charge is 0.507 e. The molecule has 3 aliphatic heterocycles. The number of aliphatic hydroxyl groups excluding tert-OH is 1. The van der Waals surface area contributed by atoms with Crippen LogP contribution in [0.25, 0.3) is 21.7 Å². The van der Waals surface area contributed by atoms with Gasteiger partial charge in [-0.1, -0.05) is 69.3 Å². The Hall–Kier alpha value is -6.69. The first-order valence-electron chi connectivity index (χ1n) is 22.5. The number of rotatable bonds is 15. The average Bonchev–Trinajstić information content (AvgIpc) is 4.11. The molecule has 4 amide bonds. The number of aromatic hydroxyl groups is 1. The van der Waals surface area contributed by atoms with Gasteiger partial charge in [-0.3, -0.25) is 24.1 Å². The molecule has 5 aromatic rings. The normalized spacial score (nSPS) is 17.7. The fraction of sp³-hybridized carbons (Fsp3) is 0.380. The van der Waals surface area contributed by atoms with Gasteiger partial charge in [-0.2, -0.15) is 0 Å². The minimum atomic E-state index is -0.915. The van der Waals surface area contributed by atoms with E-state index in [0.29, 0.717) is 68.3 Å². The second-order valence-corrected chi connectivity index (χ2v) is 19.4. The molecule has 0 unspecified atom stereocenters. The summed E-state index contributed by atoms with van der Waals surface area (Å²) in [6, 6.07) is 22.1. The van der Waals surface area contributed by atoms with E-state index in [1.807, 2.05) is 86.6 Å². The fourth-order valence-electron chi connectivity index (χ4n) is 8.83. The second kappa shape index (κ2) is 20.0. The van der Waals surface area contributed by atoms with Crippen LogP contribution in [0.3, 0.4) is 0 Å². The number of nitrogens with two attached hydrogens (primary N) is 1. The summed E-state index contributed by atoms with van der Waals surface area (Å²) in [5.41, 5.74) is 15.0. The number of aromatic nitrogens is 3. The van der Waals surface area contributed by atoms with Crippen molar-refractivity contribution < 1.29 is 34.1 Å². The number of nitrogens with one attached hydrogen (secondary N) is 2. The van der Waals surface area contributed by atoms with Crippen LogP contribution in [0.5, 0.6) is 11.5 Å². The van der Waals surface area contributed by atoms with E-state index in [1.54, 1.807) is 41.7 Å². The highest BCUT2D eigenvalue weighted by molar-refractivity contribution is 7.13. The van der Waals surface area contributed by atoms with Crippen LogP contribution in [0.2, 0.25) is 0 Å². The molecule has 3 aromatic carbocycles. The maximum absolute atomic E-state index is 14.1. The lowest BCUT2D eigenvalue weighted by Gasteiger charge is -2.35. The number of aliphatic hydroxyl groups is 1. The summed E-state index contributed by atoms with van der Waals surface area (Å²) < 4.78 is 5.93. The van der Waals surface area contributed by atoms with Crippen molar-refractivity contribution >= 4 is 40.8 Å². The Morgan fingerprint density at radius 1 is 0.940 bits per heavy atom. The first-order chi connectivity index (χ1) is 32.1. The van der Waals surface area contributed by atoms with E-state index in [-0.39, 0.29) is 55.2 Å². The van der Waals surface area contributed by atoms with Crippen LogP contribution in [0, 0.1) is 12.3 Å². The summed E-state index contributed by atoms with van der Waals surface area (Å²) in [7, 11) is 0. The summed E-state index contributed by atoms with van der Waals surface area (Å²) in [4.78, 5) is 65.5. The van der Waals surface area contributed by atoms with Crippen molar-refractivity contribution in [3.63, 3.8) is 0 Å². The standard InChI is InChI=1S/C50H57N9O7S/c1-30-44(67-29-53-30)33-13-11-32(12-14-33)23-52-47(63)40-21-37(60)28-59(40)49(65)45(50(2,3)4)54-43(62)17-19-57-24-35-26-58(27-36(35)25-57)48(64)34-15-9-31(10-16-34)18-20-66-42-22-39(55-56-46(42)51)38-7-5-6-8-41(38)61/h5-16,22,29,37,40,45,60-61H,17-21,23-28H2,1-4H3,(H2,51,56)(H,52,63)(H,54,62)/t37-,40+,45-/m1/s1. The van der Waals surface area contributed by atoms with E-state index in [9.17, 15) is 29.4 Å². The monoisotopic (exact) mass is 927 g/mol. The van der Waals surface area contributed by atoms with Crippen molar-refractivity contribution in [2.24, 2.45) is 5.41 Å². The Bertz CT molecular complexity index is 2640. The van der Waals surface area contributed by atoms with Gasteiger partial charge in [-0.15, -0.1) is 21.5 Å². The summed E-state index contributed by atoms with van der Waals surface area (Å²) in [5, 5.41) is 34.8. The molecule has 3 aliphatic rings. The Balaban J connectivity index is 0.773. The molecule has 5 heterocycles. The number of ether oxygens (including phenoxy) is 1. The molecule has 1 fully saturated rings. The zero-order chi connectivity index (χ0) is 47.4. The van der Waals surface area contributed by atoms with Crippen LogP contribution in [-0.4, -0.2) is 128 Å². The molecule has 0 spiro atoms. The van der Waals surface area contributed by atoms with E-state index in [4.69, 9.17) is 10.5 Å². The molecule has 0 saturated carbocycles. The van der Waals surface area contributed by atoms with Gasteiger partial charge >= 0.3 is 0 Å². The van der Waals surface area contributed by atoms with Gasteiger partial charge < -0.3 is 41.1 Å². The predicted octanol–water partition coefficient (Wildman–Crippen LogP) is 4.75. The first-order valence-corrected chi connectivity index (χ1v) is 23.4. The molecule has 350 valence electrons. The number of para-hydroxylation sites is 1. The Kier molecular flexibility index (Phi) is 14.0. The highest BCUT2D eigenvalue weighted by Gasteiger charge is 2.44. The quantitative estimate of drug-likeness (QED) is 0.0900. The second-order valence-electron chi connectivity index (χ2n) is 18.6. The van der Waals surface area contributed by atoms with E-state index in [2.05, 4.69) is 30.7 Å². The van der Waals surface area contributed by atoms with Crippen molar-refractivity contribution in [1.29, 1.82) is 0 Å². The zero-order valence-electron chi connectivity index (χ0n) is 38.2. The molecule has 0 radical (unpaired) electrons. The van der Waals surface area contributed by atoms with Crippen molar-refractivity contribution in [3.8, 4) is 33.2 Å². The number of hydrogen-bond acceptors (Lipinski definition) is 13. The maximum Gasteiger partial charge on any atom is 0.254 e. The molecular formula is C50H57N9O7S. The third kappa shape index (κ3) is 11.0. The lowest BCUT2D eigenvalue weighted by atomic mass is 9.85. The molecule has 16 nitrogen and oxygen atoms in total. The lowest BCUT2D eigenvalue weighted by molar-refractivity contribution is -0.144. The highest BCUT2D eigenvalue weighted by Crippen LogP contribution is 2.32. The van der Waals surface area contributed by atoms with E-state index < -0.39 is 29.5 Å². The van der Waals surface area contributed by atoms with Gasteiger partial charge in [-0.05, 0) is 64.4 Å². The van der Waals surface area contributed by atoms with Gasteiger partial charge in [0.15, 0.2) is 11.6 Å². The predicted molar refractivity (Wildman–Crippen MR) is 255 cm³/mol. The summed E-state index contributed by atoms with van der Waals surface area (Å²) in [5.74, 6) is -0.488. The number of benzene rings is 3. The number of nitrogen functional groups attached to an aromatic ring is 1. The third-order valence-corrected chi connectivity index (χ3v) is 13.5. The number of likely N-dealkylation sites (tertiary alicyclic amines) is 1. The smallest absolute Gasteiger partial charge is 0.254 e. The lowest BCUT2D eigenvalue weighted by Crippen LogP contribution is -2.57. The number of aryl methyl sites for hydroxylation is 1. The van der Waals surface area contributed by atoms with E-state index >= 15 is 0 Å². The molecule has 6 N–H and O–H groups in total.